The fourth-order valence-corrected chi connectivity index (χ4v) is 3.38. The summed E-state index contributed by atoms with van der Waals surface area (Å²) in [6.45, 7) is 2.22. The number of H-pyrrole nitrogens is 1. The molecule has 0 spiro atoms. The summed E-state index contributed by atoms with van der Waals surface area (Å²) >= 11 is 0. The van der Waals surface area contributed by atoms with Crippen molar-refractivity contribution >= 4 is 11.6 Å². The molecule has 7 heteroatoms. The summed E-state index contributed by atoms with van der Waals surface area (Å²) < 4.78 is 0. The summed E-state index contributed by atoms with van der Waals surface area (Å²) in [5, 5.41) is 1.78. The fourth-order valence-electron chi connectivity index (χ4n) is 3.38. The number of nitrogens with zero attached hydrogens (tertiary/aromatic N) is 3. The van der Waals surface area contributed by atoms with E-state index in [2.05, 4.69) is 20.4 Å². The van der Waals surface area contributed by atoms with Crippen molar-refractivity contribution in [2.75, 3.05) is 5.01 Å². The molecule has 0 saturated carbocycles. The van der Waals surface area contributed by atoms with E-state index in [0.29, 0.717) is 29.2 Å². The van der Waals surface area contributed by atoms with Gasteiger partial charge in [0.25, 0.3) is 5.56 Å². The molecule has 0 aliphatic heterocycles. The average molecular weight is 425 g/mol. The van der Waals surface area contributed by atoms with Gasteiger partial charge in [0.15, 0.2) is 0 Å². The largest absolute Gasteiger partial charge is 0.306 e. The van der Waals surface area contributed by atoms with Gasteiger partial charge >= 0.3 is 0 Å². The first kappa shape index (κ1) is 21.0. The minimum Gasteiger partial charge on any atom is -0.306 e. The number of rotatable bonds is 7. The maximum Gasteiger partial charge on any atom is 0.255 e. The smallest absolute Gasteiger partial charge is 0.255 e. The molecule has 0 aliphatic rings. The topological polar surface area (TPSA) is 91.0 Å². The molecule has 160 valence electrons. The molecule has 2 aromatic heterocycles. The van der Waals surface area contributed by atoms with E-state index in [1.807, 2.05) is 66.7 Å². The van der Waals surface area contributed by atoms with Gasteiger partial charge < -0.3 is 4.98 Å². The Bertz CT molecular complexity index is 1240. The summed E-state index contributed by atoms with van der Waals surface area (Å²) in [7, 11) is 0. The number of amides is 1. The van der Waals surface area contributed by atoms with Crippen molar-refractivity contribution in [2.45, 2.75) is 19.9 Å². The molecule has 0 saturated heterocycles. The number of carbonyl (C=O) groups excluding carboxylic acids is 1. The van der Waals surface area contributed by atoms with E-state index >= 15 is 0 Å². The highest BCUT2D eigenvalue weighted by molar-refractivity contribution is 5.80. The lowest BCUT2D eigenvalue weighted by atomic mass is 10.1. The SMILES string of the molecule is Cc1nc(-c2cccnc2)[nH]c(=O)c1CC(=O)NN(Cc1ccccc1)c1ccccc1. The number of aromatic nitrogens is 3. The Kier molecular flexibility index (Phi) is 6.36. The van der Waals surface area contributed by atoms with Crippen LogP contribution < -0.4 is 16.0 Å². The van der Waals surface area contributed by atoms with Gasteiger partial charge in [0.05, 0.1) is 18.7 Å². The molecule has 0 radical (unpaired) electrons. The van der Waals surface area contributed by atoms with Gasteiger partial charge in [-0.2, -0.15) is 0 Å². The Morgan fingerprint density at radius 2 is 1.72 bits per heavy atom. The third-order valence-electron chi connectivity index (χ3n) is 5.01. The van der Waals surface area contributed by atoms with Gasteiger partial charge in [0.1, 0.15) is 5.82 Å². The van der Waals surface area contributed by atoms with Crippen LogP contribution >= 0.6 is 0 Å². The van der Waals surface area contributed by atoms with Crippen LogP contribution in [0.3, 0.4) is 0 Å². The van der Waals surface area contributed by atoms with Crippen LogP contribution in [0.4, 0.5) is 5.69 Å². The second-order valence-electron chi connectivity index (χ2n) is 7.34. The Balaban J connectivity index is 1.54. The zero-order chi connectivity index (χ0) is 22.3. The lowest BCUT2D eigenvalue weighted by molar-refractivity contribution is -0.120. The first-order valence-electron chi connectivity index (χ1n) is 10.3. The molecule has 32 heavy (non-hydrogen) atoms. The molecular formula is C25H23N5O2. The van der Waals surface area contributed by atoms with Crippen molar-refractivity contribution in [1.82, 2.24) is 20.4 Å². The molecule has 0 unspecified atom stereocenters. The van der Waals surface area contributed by atoms with Gasteiger partial charge in [0.2, 0.25) is 5.91 Å². The number of pyridine rings is 1. The standard InChI is InChI=1S/C25H23N5O2/c1-18-22(25(32)28-24(27-18)20-11-8-14-26-16-20)15-23(31)29-30(21-12-6-3-7-13-21)17-19-9-4-2-5-10-19/h2-14,16H,15,17H2,1H3,(H,29,31)(H,27,28,32). The number of aryl methyl sites for hydroxylation is 1. The number of aromatic amines is 1. The zero-order valence-corrected chi connectivity index (χ0v) is 17.7. The highest BCUT2D eigenvalue weighted by Crippen LogP contribution is 2.16. The molecule has 0 atom stereocenters. The fraction of sp³-hybridized carbons (Fsp3) is 0.120. The Morgan fingerprint density at radius 1 is 1.00 bits per heavy atom. The summed E-state index contributed by atoms with van der Waals surface area (Å²) in [6, 6.07) is 23.0. The predicted molar refractivity (Wildman–Crippen MR) is 124 cm³/mol. The van der Waals surface area contributed by atoms with Gasteiger partial charge in [0, 0.05) is 29.2 Å². The van der Waals surface area contributed by atoms with E-state index in [4.69, 9.17) is 0 Å². The van der Waals surface area contributed by atoms with Crippen molar-refractivity contribution in [2.24, 2.45) is 0 Å². The number of benzene rings is 2. The second kappa shape index (κ2) is 9.70. The van der Waals surface area contributed by atoms with Crippen molar-refractivity contribution in [3.63, 3.8) is 0 Å². The van der Waals surface area contributed by atoms with Crippen molar-refractivity contribution in [1.29, 1.82) is 0 Å². The average Bonchev–Trinajstić information content (AvgIpc) is 2.83. The monoisotopic (exact) mass is 425 g/mol. The number of nitrogens with one attached hydrogen (secondary N) is 2. The van der Waals surface area contributed by atoms with E-state index in [1.165, 1.54) is 0 Å². The molecule has 4 rings (SSSR count). The van der Waals surface area contributed by atoms with Gasteiger partial charge in [-0.05, 0) is 36.8 Å². The Labute approximate surface area is 185 Å². The van der Waals surface area contributed by atoms with Crippen LogP contribution in [0, 0.1) is 6.92 Å². The lowest BCUT2D eigenvalue weighted by Gasteiger charge is -2.25. The normalized spacial score (nSPS) is 10.5. The number of hydrogen-bond donors (Lipinski definition) is 2. The molecule has 0 fully saturated rings. The second-order valence-corrected chi connectivity index (χ2v) is 7.34. The van der Waals surface area contributed by atoms with Gasteiger partial charge in [-0.3, -0.25) is 25.0 Å². The molecule has 7 nitrogen and oxygen atoms in total. The summed E-state index contributed by atoms with van der Waals surface area (Å²) in [5.74, 6) is 0.133. The van der Waals surface area contributed by atoms with Crippen LogP contribution in [0.2, 0.25) is 0 Å². The highest BCUT2D eigenvalue weighted by atomic mass is 16.2. The summed E-state index contributed by atoms with van der Waals surface area (Å²) in [4.78, 5) is 36.9. The first-order valence-corrected chi connectivity index (χ1v) is 10.3. The summed E-state index contributed by atoms with van der Waals surface area (Å²) in [6.07, 6.45) is 3.20. The highest BCUT2D eigenvalue weighted by Gasteiger charge is 2.16. The Morgan fingerprint density at radius 3 is 2.38 bits per heavy atom. The van der Waals surface area contributed by atoms with E-state index in [9.17, 15) is 9.59 Å². The zero-order valence-electron chi connectivity index (χ0n) is 17.7. The molecule has 2 N–H and O–H groups in total. The van der Waals surface area contributed by atoms with Gasteiger partial charge in [-0.25, -0.2) is 4.98 Å². The van der Waals surface area contributed by atoms with Crippen molar-refractivity contribution in [3.8, 4) is 11.4 Å². The predicted octanol–water partition coefficient (Wildman–Crippen LogP) is 3.42. The maximum atomic E-state index is 12.9. The van der Waals surface area contributed by atoms with E-state index in [1.54, 1.807) is 30.4 Å². The van der Waals surface area contributed by atoms with Crippen LogP contribution in [0.25, 0.3) is 11.4 Å². The number of carbonyl (C=O) groups is 1. The van der Waals surface area contributed by atoms with E-state index in [-0.39, 0.29) is 17.9 Å². The molecule has 2 heterocycles. The molecule has 0 aliphatic carbocycles. The van der Waals surface area contributed by atoms with Crippen LogP contribution in [0.5, 0.6) is 0 Å². The molecule has 1 amide bonds. The van der Waals surface area contributed by atoms with Crippen LogP contribution in [0.15, 0.2) is 90.0 Å². The van der Waals surface area contributed by atoms with Gasteiger partial charge in [-0.15, -0.1) is 0 Å². The lowest BCUT2D eigenvalue weighted by Crippen LogP contribution is -2.43. The van der Waals surface area contributed by atoms with E-state index < -0.39 is 0 Å². The van der Waals surface area contributed by atoms with Crippen molar-refractivity contribution < 1.29 is 4.79 Å². The number of hydrogen-bond acceptors (Lipinski definition) is 5. The van der Waals surface area contributed by atoms with Crippen molar-refractivity contribution in [3.05, 3.63) is 112 Å². The molecular weight excluding hydrogens is 402 g/mol. The third kappa shape index (κ3) is 5.07. The van der Waals surface area contributed by atoms with Gasteiger partial charge in [-0.1, -0.05) is 48.5 Å². The van der Waals surface area contributed by atoms with Crippen LogP contribution in [-0.2, 0) is 17.8 Å². The molecule has 2 aromatic carbocycles. The van der Waals surface area contributed by atoms with Crippen LogP contribution in [-0.4, -0.2) is 20.9 Å². The number of para-hydroxylation sites is 1. The quantitative estimate of drug-likeness (QED) is 0.443. The Hall–Kier alpha value is -4.26. The minimum absolute atomic E-state index is 0.0837. The molecule has 0 bridgehead atoms. The minimum atomic E-state index is -0.333. The van der Waals surface area contributed by atoms with Crippen LogP contribution in [0.1, 0.15) is 16.8 Å². The maximum absolute atomic E-state index is 12.9. The number of hydrazine groups is 1. The van der Waals surface area contributed by atoms with E-state index in [0.717, 1.165) is 11.3 Å². The molecule has 4 aromatic rings. The number of anilines is 1. The first-order chi connectivity index (χ1) is 15.6. The summed E-state index contributed by atoms with van der Waals surface area (Å²) in [5.41, 5.74) is 6.06. The third-order valence-corrected chi connectivity index (χ3v) is 5.01.